The largest absolute Gasteiger partial charge is 0.491 e. The van der Waals surface area contributed by atoms with Crippen LogP contribution in [0.15, 0.2) is 66.7 Å². The fraction of sp³-hybridized carbons (Fsp3) is 0.200. The van der Waals surface area contributed by atoms with Crippen molar-refractivity contribution in [2.45, 2.75) is 33.4 Å². The van der Waals surface area contributed by atoms with Crippen molar-refractivity contribution in [3.8, 4) is 16.9 Å². The predicted octanol–water partition coefficient (Wildman–Crippen LogP) is 5.08. The fourth-order valence-corrected chi connectivity index (χ4v) is 3.08. The molecule has 5 nitrogen and oxygen atoms in total. The van der Waals surface area contributed by atoms with Crippen molar-refractivity contribution in [1.82, 2.24) is 5.32 Å². The number of carboxylic acid groups (broad SMARTS) is 1. The summed E-state index contributed by atoms with van der Waals surface area (Å²) in [6.07, 6.45) is -0.0160. The smallest absolute Gasteiger partial charge is 0.335 e. The first-order valence-electron chi connectivity index (χ1n) is 9.81. The number of hydrogen-bond acceptors (Lipinski definition) is 3. The second-order valence-corrected chi connectivity index (χ2v) is 7.42. The summed E-state index contributed by atoms with van der Waals surface area (Å²) in [5, 5.41) is 12.2. The van der Waals surface area contributed by atoms with Gasteiger partial charge in [0.25, 0.3) is 5.91 Å². The molecule has 3 aromatic rings. The zero-order chi connectivity index (χ0) is 21.7. The lowest BCUT2D eigenvalue weighted by atomic mass is 10.00. The highest BCUT2D eigenvalue weighted by Gasteiger charge is 2.12. The van der Waals surface area contributed by atoms with Gasteiger partial charge in [-0.2, -0.15) is 0 Å². The summed E-state index contributed by atoms with van der Waals surface area (Å²) in [7, 11) is 0. The number of benzene rings is 3. The van der Waals surface area contributed by atoms with Gasteiger partial charge in [0.2, 0.25) is 0 Å². The van der Waals surface area contributed by atoms with Gasteiger partial charge < -0.3 is 15.2 Å². The molecule has 0 unspecified atom stereocenters. The average Bonchev–Trinajstić information content (AvgIpc) is 2.73. The Morgan fingerprint density at radius 1 is 0.933 bits per heavy atom. The molecule has 0 radical (unpaired) electrons. The molecule has 0 heterocycles. The highest BCUT2D eigenvalue weighted by atomic mass is 16.5. The molecule has 3 aromatic carbocycles. The number of ether oxygens (including phenoxy) is 1. The van der Waals surface area contributed by atoms with Gasteiger partial charge in [0.05, 0.1) is 11.7 Å². The van der Waals surface area contributed by atoms with Crippen LogP contribution in [0.3, 0.4) is 0 Å². The number of amides is 1. The number of carboxylic acids is 1. The third kappa shape index (κ3) is 5.26. The van der Waals surface area contributed by atoms with Crippen LogP contribution in [0.1, 0.15) is 45.7 Å². The van der Waals surface area contributed by atoms with Gasteiger partial charge in [0.1, 0.15) is 5.75 Å². The van der Waals surface area contributed by atoms with Crippen molar-refractivity contribution in [1.29, 1.82) is 0 Å². The molecule has 154 valence electrons. The van der Waals surface area contributed by atoms with Crippen LogP contribution in [-0.4, -0.2) is 23.1 Å². The van der Waals surface area contributed by atoms with E-state index < -0.39 is 5.97 Å². The zero-order valence-corrected chi connectivity index (χ0v) is 17.3. The van der Waals surface area contributed by atoms with Gasteiger partial charge >= 0.3 is 5.97 Å². The van der Waals surface area contributed by atoms with Crippen LogP contribution in [0.4, 0.5) is 0 Å². The molecular formula is C25H25NO4. The Morgan fingerprint density at radius 2 is 1.63 bits per heavy atom. The maximum Gasteiger partial charge on any atom is 0.335 e. The minimum Gasteiger partial charge on any atom is -0.491 e. The molecule has 1 amide bonds. The number of nitrogens with one attached hydrogen (secondary N) is 1. The van der Waals surface area contributed by atoms with Crippen LogP contribution in [0, 0.1) is 6.92 Å². The van der Waals surface area contributed by atoms with Crippen molar-refractivity contribution in [2.75, 3.05) is 0 Å². The maximum atomic E-state index is 12.5. The van der Waals surface area contributed by atoms with Gasteiger partial charge in [-0.3, -0.25) is 4.79 Å². The Bertz CT molecular complexity index is 1050. The maximum absolute atomic E-state index is 12.5. The third-order valence-electron chi connectivity index (χ3n) is 4.62. The van der Waals surface area contributed by atoms with Crippen LogP contribution >= 0.6 is 0 Å². The summed E-state index contributed by atoms with van der Waals surface area (Å²) in [4.78, 5) is 23.8. The second kappa shape index (κ2) is 9.27. The van der Waals surface area contributed by atoms with Crippen LogP contribution < -0.4 is 10.1 Å². The summed E-state index contributed by atoms with van der Waals surface area (Å²) in [6, 6.07) is 19.8. The predicted molar refractivity (Wildman–Crippen MR) is 117 cm³/mol. The molecule has 3 rings (SSSR count). The first-order chi connectivity index (χ1) is 14.3. The minimum atomic E-state index is -0.970. The summed E-state index contributed by atoms with van der Waals surface area (Å²) in [6.45, 7) is 6.15. The summed E-state index contributed by atoms with van der Waals surface area (Å²) >= 11 is 0. The molecule has 30 heavy (non-hydrogen) atoms. The number of aromatic carboxylic acids is 1. The van der Waals surface area contributed by atoms with Crippen molar-refractivity contribution >= 4 is 11.9 Å². The molecule has 0 aliphatic heterocycles. The lowest BCUT2D eigenvalue weighted by Crippen LogP contribution is -2.23. The molecule has 0 bridgehead atoms. The molecule has 0 fully saturated rings. The van der Waals surface area contributed by atoms with Crippen molar-refractivity contribution < 1.29 is 19.4 Å². The van der Waals surface area contributed by atoms with E-state index in [1.54, 1.807) is 30.3 Å². The molecule has 0 saturated heterocycles. The van der Waals surface area contributed by atoms with E-state index in [9.17, 15) is 14.7 Å². The van der Waals surface area contributed by atoms with Crippen LogP contribution in [0.5, 0.6) is 5.75 Å². The molecule has 0 spiro atoms. The van der Waals surface area contributed by atoms with Gasteiger partial charge in [0, 0.05) is 17.7 Å². The summed E-state index contributed by atoms with van der Waals surface area (Å²) in [5.74, 6) is -0.446. The lowest BCUT2D eigenvalue weighted by Gasteiger charge is -2.16. The quantitative estimate of drug-likeness (QED) is 0.577. The monoisotopic (exact) mass is 403 g/mol. The number of aryl methyl sites for hydroxylation is 1. The number of carbonyl (C=O) groups is 2. The van der Waals surface area contributed by atoms with Gasteiger partial charge in [-0.25, -0.2) is 4.79 Å². The van der Waals surface area contributed by atoms with E-state index in [4.69, 9.17) is 4.74 Å². The normalized spacial score (nSPS) is 10.7. The minimum absolute atomic E-state index is 0.0160. The Morgan fingerprint density at radius 3 is 2.30 bits per heavy atom. The fourth-order valence-electron chi connectivity index (χ4n) is 3.08. The lowest BCUT2D eigenvalue weighted by molar-refractivity contribution is 0.0696. The van der Waals surface area contributed by atoms with Crippen molar-refractivity contribution in [2.24, 2.45) is 0 Å². The van der Waals surface area contributed by atoms with Crippen LogP contribution in [-0.2, 0) is 6.54 Å². The summed E-state index contributed by atoms with van der Waals surface area (Å²) < 4.78 is 5.91. The van der Waals surface area contributed by atoms with E-state index in [1.165, 1.54) is 0 Å². The first-order valence-corrected chi connectivity index (χ1v) is 9.81. The van der Waals surface area contributed by atoms with Gasteiger partial charge in [-0.05, 0) is 68.3 Å². The van der Waals surface area contributed by atoms with E-state index in [0.717, 1.165) is 22.3 Å². The average molecular weight is 403 g/mol. The van der Waals surface area contributed by atoms with E-state index in [2.05, 4.69) is 5.32 Å². The number of hydrogen-bond donors (Lipinski definition) is 2. The van der Waals surface area contributed by atoms with E-state index in [-0.39, 0.29) is 17.6 Å². The Hall–Kier alpha value is -3.60. The highest BCUT2D eigenvalue weighted by molar-refractivity contribution is 5.94. The van der Waals surface area contributed by atoms with Gasteiger partial charge in [-0.1, -0.05) is 35.9 Å². The Kier molecular flexibility index (Phi) is 6.52. The summed E-state index contributed by atoms with van der Waals surface area (Å²) in [5.41, 5.74) is 4.38. The van der Waals surface area contributed by atoms with Gasteiger partial charge in [-0.15, -0.1) is 0 Å². The molecule has 0 aliphatic rings. The molecule has 0 aliphatic carbocycles. The van der Waals surface area contributed by atoms with Gasteiger partial charge in [0.15, 0.2) is 0 Å². The van der Waals surface area contributed by atoms with E-state index in [1.807, 2.05) is 57.2 Å². The second-order valence-electron chi connectivity index (χ2n) is 7.42. The first kappa shape index (κ1) is 21.1. The number of rotatable bonds is 7. The molecule has 5 heteroatoms. The number of carbonyl (C=O) groups excluding carboxylic acids is 1. The molecule has 0 atom stereocenters. The highest BCUT2D eigenvalue weighted by Crippen LogP contribution is 2.28. The van der Waals surface area contributed by atoms with Crippen LogP contribution in [0.2, 0.25) is 0 Å². The molecule has 0 saturated carbocycles. The Labute approximate surface area is 176 Å². The Balaban J connectivity index is 1.87. The molecule has 0 aromatic heterocycles. The zero-order valence-electron chi connectivity index (χ0n) is 17.3. The van der Waals surface area contributed by atoms with Crippen LogP contribution in [0.25, 0.3) is 11.1 Å². The molecular weight excluding hydrogens is 378 g/mol. The topological polar surface area (TPSA) is 75.6 Å². The third-order valence-corrected chi connectivity index (χ3v) is 4.62. The SMILES string of the molecule is Cc1ccc(C(=O)NCc2cc(-c3cccc(C(=O)O)c3)ccc2OC(C)C)cc1. The van der Waals surface area contributed by atoms with E-state index >= 15 is 0 Å². The van der Waals surface area contributed by atoms with Crippen molar-refractivity contribution in [3.63, 3.8) is 0 Å². The standard InChI is InChI=1S/C25H25NO4/c1-16(2)30-23-12-11-20(19-5-4-6-21(13-19)25(28)29)14-22(23)15-26-24(27)18-9-7-17(3)8-10-18/h4-14,16H,15H2,1-3H3,(H,26,27)(H,28,29). The molecule has 2 N–H and O–H groups in total. The van der Waals surface area contributed by atoms with Crippen molar-refractivity contribution in [3.05, 3.63) is 89.0 Å². The van der Waals surface area contributed by atoms with E-state index in [0.29, 0.717) is 17.9 Å².